The molecule has 0 aliphatic heterocycles. The molecule has 2 aliphatic rings. The number of nitrogens with one attached hydrogen (secondary N) is 1. The van der Waals surface area contributed by atoms with Crippen LogP contribution < -0.4 is 4.72 Å². The summed E-state index contributed by atoms with van der Waals surface area (Å²) in [4.78, 5) is 10.8. The number of sulfonamides is 1. The summed E-state index contributed by atoms with van der Waals surface area (Å²) in [7, 11) is -3.72. The topological polar surface area (TPSA) is 96.6 Å². The maximum atomic E-state index is 12.4. The highest BCUT2D eigenvalue weighted by Gasteiger charge is 2.41. The molecule has 6 nitrogen and oxygen atoms in total. The quantitative estimate of drug-likeness (QED) is 0.883. The van der Waals surface area contributed by atoms with E-state index in [0.29, 0.717) is 11.8 Å². The Kier molecular flexibility index (Phi) is 3.13. The first-order valence-corrected chi connectivity index (χ1v) is 8.21. The molecule has 3 atom stereocenters. The van der Waals surface area contributed by atoms with Crippen LogP contribution in [0.4, 0.5) is 0 Å². The van der Waals surface area contributed by atoms with Crippen molar-refractivity contribution >= 4 is 16.0 Å². The van der Waals surface area contributed by atoms with Gasteiger partial charge in [-0.1, -0.05) is 6.42 Å². The molecule has 1 heterocycles. The van der Waals surface area contributed by atoms with Crippen LogP contribution in [-0.2, 0) is 10.0 Å². The fraction of sp³-hybridized carbons (Fsp3) is 0.615. The van der Waals surface area contributed by atoms with Gasteiger partial charge in [0.1, 0.15) is 10.7 Å². The molecule has 3 unspecified atom stereocenters. The summed E-state index contributed by atoms with van der Waals surface area (Å²) in [5, 5.41) is 8.85. The van der Waals surface area contributed by atoms with Crippen LogP contribution in [-0.4, -0.2) is 25.5 Å². The minimum Gasteiger partial charge on any atom is -0.475 e. The predicted molar refractivity (Wildman–Crippen MR) is 70.0 cm³/mol. The van der Waals surface area contributed by atoms with E-state index in [0.717, 1.165) is 25.3 Å². The number of carbonyl (C=O) groups is 1. The van der Waals surface area contributed by atoms with Crippen LogP contribution in [0.2, 0.25) is 0 Å². The zero-order chi connectivity index (χ0) is 14.5. The molecule has 0 saturated heterocycles. The third-order valence-electron chi connectivity index (χ3n) is 4.42. The summed E-state index contributed by atoms with van der Waals surface area (Å²) < 4.78 is 32.4. The highest BCUT2D eigenvalue weighted by atomic mass is 32.2. The third kappa shape index (κ3) is 2.25. The van der Waals surface area contributed by atoms with Crippen molar-refractivity contribution in [1.82, 2.24) is 4.72 Å². The average molecular weight is 299 g/mol. The van der Waals surface area contributed by atoms with Gasteiger partial charge in [-0.15, -0.1) is 0 Å². The van der Waals surface area contributed by atoms with Gasteiger partial charge in [-0.2, -0.15) is 0 Å². The lowest BCUT2D eigenvalue weighted by Gasteiger charge is -2.22. The minimum absolute atomic E-state index is 0.0265. The molecule has 1 aromatic heterocycles. The number of hydrogen-bond acceptors (Lipinski definition) is 4. The normalized spacial score (nSPS) is 28.9. The van der Waals surface area contributed by atoms with Crippen molar-refractivity contribution in [2.75, 3.05) is 0 Å². The molecule has 0 radical (unpaired) electrons. The molecular formula is C13H17NO5S. The molecule has 0 spiro atoms. The van der Waals surface area contributed by atoms with E-state index in [2.05, 4.69) is 4.72 Å². The third-order valence-corrected chi connectivity index (χ3v) is 6.01. The van der Waals surface area contributed by atoms with E-state index in [1.54, 1.807) is 0 Å². The molecule has 2 bridgehead atoms. The number of aromatic carboxylic acids is 1. The predicted octanol–water partition coefficient (Wildman–Crippen LogP) is 1.75. The first-order chi connectivity index (χ1) is 9.37. The Morgan fingerprint density at radius 1 is 1.40 bits per heavy atom. The van der Waals surface area contributed by atoms with Gasteiger partial charge in [0.05, 0.1) is 0 Å². The SMILES string of the molecule is Cc1oc(C(=O)O)cc1S(=O)(=O)NC1CC2CCC1C2. The van der Waals surface area contributed by atoms with Gasteiger partial charge in [0, 0.05) is 12.1 Å². The summed E-state index contributed by atoms with van der Waals surface area (Å²) in [6, 6.07) is 1.05. The van der Waals surface area contributed by atoms with Crippen LogP contribution in [0.3, 0.4) is 0 Å². The van der Waals surface area contributed by atoms with E-state index in [-0.39, 0.29) is 22.5 Å². The second kappa shape index (κ2) is 4.60. The number of fused-ring (bicyclic) bond motifs is 2. The van der Waals surface area contributed by atoms with Gasteiger partial charge in [0.2, 0.25) is 15.8 Å². The summed E-state index contributed by atoms with van der Waals surface area (Å²) >= 11 is 0. The summed E-state index contributed by atoms with van der Waals surface area (Å²) in [6.07, 6.45) is 4.24. The Morgan fingerprint density at radius 2 is 2.15 bits per heavy atom. The van der Waals surface area contributed by atoms with Crippen LogP contribution in [0.1, 0.15) is 42.0 Å². The maximum Gasteiger partial charge on any atom is 0.371 e. The van der Waals surface area contributed by atoms with Gasteiger partial charge in [-0.05, 0) is 38.0 Å². The summed E-state index contributed by atoms with van der Waals surface area (Å²) in [5.41, 5.74) is 0. The van der Waals surface area contributed by atoms with Crippen molar-refractivity contribution in [3.05, 3.63) is 17.6 Å². The fourth-order valence-electron chi connectivity index (χ4n) is 3.49. The van der Waals surface area contributed by atoms with Gasteiger partial charge in [0.25, 0.3) is 0 Å². The number of rotatable bonds is 4. The van der Waals surface area contributed by atoms with Gasteiger partial charge in [-0.25, -0.2) is 17.9 Å². The average Bonchev–Trinajstić information content (AvgIpc) is 3.02. The lowest BCUT2D eigenvalue weighted by Crippen LogP contribution is -2.38. The van der Waals surface area contributed by atoms with Crippen LogP contribution in [0, 0.1) is 18.8 Å². The van der Waals surface area contributed by atoms with Gasteiger partial charge < -0.3 is 9.52 Å². The number of aryl methyl sites for hydroxylation is 1. The van der Waals surface area contributed by atoms with Crippen molar-refractivity contribution in [3.63, 3.8) is 0 Å². The molecule has 7 heteroatoms. The fourth-order valence-corrected chi connectivity index (χ4v) is 4.99. The van der Waals surface area contributed by atoms with Crippen LogP contribution >= 0.6 is 0 Å². The van der Waals surface area contributed by atoms with E-state index in [4.69, 9.17) is 9.52 Å². The first-order valence-electron chi connectivity index (χ1n) is 6.73. The molecule has 2 N–H and O–H groups in total. The zero-order valence-corrected chi connectivity index (χ0v) is 11.9. The summed E-state index contributed by atoms with van der Waals surface area (Å²) in [5.74, 6) is -0.461. The lowest BCUT2D eigenvalue weighted by molar-refractivity contribution is 0.0661. The van der Waals surface area contributed by atoms with E-state index in [1.165, 1.54) is 13.3 Å². The molecule has 2 saturated carbocycles. The van der Waals surface area contributed by atoms with Crippen molar-refractivity contribution in [2.24, 2.45) is 11.8 Å². The van der Waals surface area contributed by atoms with Gasteiger partial charge in [0.15, 0.2) is 0 Å². The first kappa shape index (κ1) is 13.6. The van der Waals surface area contributed by atoms with Crippen LogP contribution in [0.25, 0.3) is 0 Å². The highest BCUT2D eigenvalue weighted by molar-refractivity contribution is 7.89. The zero-order valence-electron chi connectivity index (χ0n) is 11.1. The van der Waals surface area contributed by atoms with Gasteiger partial charge >= 0.3 is 5.97 Å². The molecule has 20 heavy (non-hydrogen) atoms. The highest BCUT2D eigenvalue weighted by Crippen LogP contribution is 2.44. The Labute approximate surface area is 117 Å². The molecule has 2 aliphatic carbocycles. The molecule has 2 fully saturated rings. The van der Waals surface area contributed by atoms with Gasteiger partial charge in [-0.3, -0.25) is 0 Å². The Morgan fingerprint density at radius 3 is 2.65 bits per heavy atom. The number of furan rings is 1. The second-order valence-corrected chi connectivity index (χ2v) is 7.42. The van der Waals surface area contributed by atoms with E-state index in [9.17, 15) is 13.2 Å². The van der Waals surface area contributed by atoms with Crippen LogP contribution in [0.5, 0.6) is 0 Å². The standard InChI is InChI=1S/C13H17NO5S/c1-7-12(6-11(19-7)13(15)16)20(17,18)14-10-5-8-2-3-9(10)4-8/h6,8-10,14H,2-5H2,1H3,(H,15,16). The van der Waals surface area contributed by atoms with Crippen molar-refractivity contribution in [1.29, 1.82) is 0 Å². The van der Waals surface area contributed by atoms with E-state index in [1.807, 2.05) is 0 Å². The summed E-state index contributed by atoms with van der Waals surface area (Å²) in [6.45, 7) is 1.46. The number of carboxylic acid groups (broad SMARTS) is 1. The number of hydrogen-bond donors (Lipinski definition) is 2. The lowest BCUT2D eigenvalue weighted by atomic mass is 9.96. The Balaban J connectivity index is 1.83. The molecular weight excluding hydrogens is 282 g/mol. The van der Waals surface area contributed by atoms with E-state index >= 15 is 0 Å². The van der Waals surface area contributed by atoms with Crippen LogP contribution in [0.15, 0.2) is 15.4 Å². The van der Waals surface area contributed by atoms with Crippen molar-refractivity contribution in [3.8, 4) is 0 Å². The van der Waals surface area contributed by atoms with E-state index < -0.39 is 16.0 Å². The second-order valence-electron chi connectivity index (χ2n) is 5.74. The maximum absolute atomic E-state index is 12.4. The molecule has 1 aromatic rings. The van der Waals surface area contributed by atoms with Crippen molar-refractivity contribution < 1.29 is 22.7 Å². The molecule has 3 rings (SSSR count). The molecule has 0 aromatic carbocycles. The largest absolute Gasteiger partial charge is 0.475 e. The monoisotopic (exact) mass is 299 g/mol. The molecule has 0 amide bonds. The molecule has 110 valence electrons. The minimum atomic E-state index is -3.72. The number of carboxylic acids is 1. The Hall–Kier alpha value is -1.34. The van der Waals surface area contributed by atoms with Crippen molar-refractivity contribution in [2.45, 2.75) is 43.5 Å². The smallest absolute Gasteiger partial charge is 0.371 e. The Bertz CT molecular complexity index is 648.